The number of nitrogens with zero attached hydrogens (tertiary/aromatic N) is 2. The third-order valence-corrected chi connectivity index (χ3v) is 4.69. The van der Waals surface area contributed by atoms with E-state index in [4.69, 9.17) is 16.0 Å². The minimum absolute atomic E-state index is 0.144. The number of benzene rings is 2. The number of rotatable bonds is 5. The predicted molar refractivity (Wildman–Crippen MR) is 109 cm³/mol. The lowest BCUT2D eigenvalue weighted by atomic mass is 10.1. The van der Waals surface area contributed by atoms with Crippen LogP contribution in [0.25, 0.3) is 17.1 Å². The van der Waals surface area contributed by atoms with Crippen LogP contribution in [0.1, 0.15) is 29.0 Å². The molecule has 0 aliphatic carbocycles. The Balaban J connectivity index is 1.70. The molecule has 2 heterocycles. The first-order chi connectivity index (χ1) is 13.6. The van der Waals surface area contributed by atoms with Crippen molar-refractivity contribution in [3.63, 3.8) is 0 Å². The van der Waals surface area contributed by atoms with E-state index in [9.17, 15) is 4.79 Å². The Kier molecular flexibility index (Phi) is 5.00. The molecule has 5 nitrogen and oxygen atoms in total. The summed E-state index contributed by atoms with van der Waals surface area (Å²) in [5.74, 6) is 0.370. The van der Waals surface area contributed by atoms with Crippen molar-refractivity contribution in [2.24, 2.45) is 0 Å². The maximum Gasteiger partial charge on any atom is 0.270 e. The molecule has 140 valence electrons. The second-order valence-electron chi connectivity index (χ2n) is 6.39. The monoisotopic (exact) mass is 391 g/mol. The van der Waals surface area contributed by atoms with Gasteiger partial charge in [-0.1, -0.05) is 41.9 Å². The van der Waals surface area contributed by atoms with Crippen LogP contribution < -0.4 is 5.32 Å². The van der Waals surface area contributed by atoms with Crippen LogP contribution in [0.3, 0.4) is 0 Å². The molecule has 0 saturated carbocycles. The van der Waals surface area contributed by atoms with Crippen molar-refractivity contribution in [1.82, 2.24) is 15.1 Å². The summed E-state index contributed by atoms with van der Waals surface area (Å²) in [7, 11) is 0. The van der Waals surface area contributed by atoms with Crippen LogP contribution >= 0.6 is 11.6 Å². The first kappa shape index (κ1) is 18.1. The minimum atomic E-state index is -0.225. The highest BCUT2D eigenvalue weighted by atomic mass is 35.5. The van der Waals surface area contributed by atoms with Crippen molar-refractivity contribution in [1.29, 1.82) is 0 Å². The summed E-state index contributed by atoms with van der Waals surface area (Å²) >= 11 is 6.00. The van der Waals surface area contributed by atoms with E-state index in [1.807, 2.05) is 55.5 Å². The van der Waals surface area contributed by atoms with Gasteiger partial charge in [-0.25, -0.2) is 4.68 Å². The SMILES string of the molecule is C[C@@H](NC(=O)c1cc(-c2ccco2)nn1-c1ccc(Cl)cc1)c1ccccc1. The van der Waals surface area contributed by atoms with Crippen molar-refractivity contribution in [2.75, 3.05) is 0 Å². The lowest BCUT2D eigenvalue weighted by Crippen LogP contribution is -2.28. The van der Waals surface area contributed by atoms with Gasteiger partial charge in [0.15, 0.2) is 5.76 Å². The average Bonchev–Trinajstić information content (AvgIpc) is 3.39. The van der Waals surface area contributed by atoms with Gasteiger partial charge in [0, 0.05) is 11.1 Å². The summed E-state index contributed by atoms with van der Waals surface area (Å²) in [4.78, 5) is 13.0. The quantitative estimate of drug-likeness (QED) is 0.503. The standard InChI is InChI=1S/C22H18ClN3O2/c1-15(16-6-3-2-4-7-16)24-22(27)20-14-19(21-8-5-13-28-21)25-26(20)18-11-9-17(23)10-12-18/h2-15H,1H3,(H,24,27)/t15-/m1/s1. The Morgan fingerprint density at radius 1 is 1.07 bits per heavy atom. The molecule has 1 N–H and O–H groups in total. The summed E-state index contributed by atoms with van der Waals surface area (Å²) in [6.07, 6.45) is 1.58. The molecular formula is C22H18ClN3O2. The molecule has 1 amide bonds. The molecule has 0 saturated heterocycles. The third-order valence-electron chi connectivity index (χ3n) is 4.43. The molecule has 4 rings (SSSR count). The van der Waals surface area contributed by atoms with E-state index < -0.39 is 0 Å². The second kappa shape index (κ2) is 7.74. The zero-order chi connectivity index (χ0) is 19.5. The number of aromatic nitrogens is 2. The number of hydrogen-bond donors (Lipinski definition) is 1. The number of carbonyl (C=O) groups is 1. The van der Waals surface area contributed by atoms with Crippen LogP contribution in [0.2, 0.25) is 5.02 Å². The van der Waals surface area contributed by atoms with Crippen LogP contribution in [-0.4, -0.2) is 15.7 Å². The smallest absolute Gasteiger partial charge is 0.270 e. The van der Waals surface area contributed by atoms with Crippen LogP contribution in [-0.2, 0) is 0 Å². The molecule has 2 aromatic carbocycles. The first-order valence-electron chi connectivity index (χ1n) is 8.87. The molecule has 0 radical (unpaired) electrons. The van der Waals surface area contributed by atoms with E-state index in [1.165, 1.54) is 0 Å². The van der Waals surface area contributed by atoms with Crippen molar-refractivity contribution < 1.29 is 9.21 Å². The maximum absolute atomic E-state index is 13.0. The Bertz CT molecular complexity index is 1070. The Labute approximate surface area is 167 Å². The van der Waals surface area contributed by atoms with E-state index in [1.54, 1.807) is 35.2 Å². The van der Waals surface area contributed by atoms with Gasteiger partial charge >= 0.3 is 0 Å². The van der Waals surface area contributed by atoms with E-state index >= 15 is 0 Å². The average molecular weight is 392 g/mol. The topological polar surface area (TPSA) is 60.1 Å². The summed E-state index contributed by atoms with van der Waals surface area (Å²) < 4.78 is 7.04. The van der Waals surface area contributed by atoms with Crippen molar-refractivity contribution in [3.05, 3.63) is 95.3 Å². The van der Waals surface area contributed by atoms with Crippen LogP contribution in [0.5, 0.6) is 0 Å². The Morgan fingerprint density at radius 3 is 2.50 bits per heavy atom. The van der Waals surface area contributed by atoms with Crippen molar-refractivity contribution in [3.8, 4) is 17.1 Å². The largest absolute Gasteiger partial charge is 0.463 e. The van der Waals surface area contributed by atoms with Gasteiger partial charge in [0.25, 0.3) is 5.91 Å². The number of furan rings is 1. The maximum atomic E-state index is 13.0. The van der Waals surface area contributed by atoms with E-state index in [2.05, 4.69) is 10.4 Å². The first-order valence-corrected chi connectivity index (χ1v) is 9.25. The second-order valence-corrected chi connectivity index (χ2v) is 6.82. The van der Waals surface area contributed by atoms with Crippen LogP contribution in [0.4, 0.5) is 0 Å². The van der Waals surface area contributed by atoms with Crippen molar-refractivity contribution in [2.45, 2.75) is 13.0 Å². The molecule has 6 heteroatoms. The summed E-state index contributed by atoms with van der Waals surface area (Å²) in [5.41, 5.74) is 2.76. The number of nitrogens with one attached hydrogen (secondary N) is 1. The molecule has 2 aromatic heterocycles. The summed E-state index contributed by atoms with van der Waals surface area (Å²) in [6.45, 7) is 1.95. The highest BCUT2D eigenvalue weighted by Gasteiger charge is 2.20. The van der Waals surface area contributed by atoms with Gasteiger partial charge in [-0.2, -0.15) is 5.10 Å². The fraction of sp³-hybridized carbons (Fsp3) is 0.0909. The minimum Gasteiger partial charge on any atom is -0.463 e. The summed E-state index contributed by atoms with van der Waals surface area (Å²) in [6, 6.07) is 22.1. The highest BCUT2D eigenvalue weighted by Crippen LogP contribution is 2.24. The lowest BCUT2D eigenvalue weighted by Gasteiger charge is -2.15. The van der Waals surface area contributed by atoms with Gasteiger partial charge in [-0.15, -0.1) is 0 Å². The number of amides is 1. The third kappa shape index (κ3) is 3.70. The fourth-order valence-electron chi connectivity index (χ4n) is 2.96. The normalized spacial score (nSPS) is 11.9. The van der Waals surface area contributed by atoms with E-state index in [0.29, 0.717) is 22.2 Å². The van der Waals surface area contributed by atoms with Gasteiger partial charge in [-0.05, 0) is 48.9 Å². The molecule has 1 atom stereocenters. The van der Waals surface area contributed by atoms with Gasteiger partial charge in [0.2, 0.25) is 0 Å². The molecular weight excluding hydrogens is 374 g/mol. The molecule has 0 unspecified atom stereocenters. The van der Waals surface area contributed by atoms with Crippen LogP contribution in [0.15, 0.2) is 83.5 Å². The molecule has 0 fully saturated rings. The van der Waals surface area contributed by atoms with Crippen LogP contribution in [0, 0.1) is 0 Å². The molecule has 0 aliphatic heterocycles. The lowest BCUT2D eigenvalue weighted by molar-refractivity contribution is 0.0932. The number of halogens is 1. The number of carbonyl (C=O) groups excluding carboxylic acids is 1. The van der Waals surface area contributed by atoms with Gasteiger partial charge in [0.05, 0.1) is 18.0 Å². The van der Waals surface area contributed by atoms with E-state index in [-0.39, 0.29) is 11.9 Å². The van der Waals surface area contributed by atoms with Gasteiger partial charge < -0.3 is 9.73 Å². The number of hydrogen-bond acceptors (Lipinski definition) is 3. The molecule has 4 aromatic rings. The highest BCUT2D eigenvalue weighted by molar-refractivity contribution is 6.30. The van der Waals surface area contributed by atoms with Gasteiger partial charge in [0.1, 0.15) is 11.4 Å². The van der Waals surface area contributed by atoms with E-state index in [0.717, 1.165) is 11.3 Å². The predicted octanol–water partition coefficient (Wildman–Crippen LogP) is 5.28. The fourth-order valence-corrected chi connectivity index (χ4v) is 3.09. The molecule has 0 spiro atoms. The molecule has 0 aliphatic rings. The molecule has 28 heavy (non-hydrogen) atoms. The zero-order valence-corrected chi connectivity index (χ0v) is 15.9. The molecule has 0 bridgehead atoms. The Hall–Kier alpha value is -3.31. The zero-order valence-electron chi connectivity index (χ0n) is 15.2. The Morgan fingerprint density at radius 2 is 1.82 bits per heavy atom. The van der Waals surface area contributed by atoms with Gasteiger partial charge in [-0.3, -0.25) is 4.79 Å². The van der Waals surface area contributed by atoms with Crippen molar-refractivity contribution >= 4 is 17.5 Å². The summed E-state index contributed by atoms with van der Waals surface area (Å²) in [5, 5.41) is 8.23.